The molecule has 0 aromatic carbocycles. The van der Waals surface area contributed by atoms with Crippen LogP contribution in [0.4, 0.5) is 0 Å². The first kappa shape index (κ1) is 14.4. The van der Waals surface area contributed by atoms with Crippen LogP contribution in [0.25, 0.3) is 0 Å². The van der Waals surface area contributed by atoms with Gasteiger partial charge < -0.3 is 10.0 Å². The van der Waals surface area contributed by atoms with E-state index in [0.717, 1.165) is 25.8 Å². The Morgan fingerprint density at radius 3 is 2.11 bits per heavy atom. The number of likely N-dealkylation sites (tertiary alicyclic amines) is 1. The second-order valence-electron chi connectivity index (χ2n) is 6.41. The summed E-state index contributed by atoms with van der Waals surface area (Å²) in [5.74, 6) is -0.0191. The summed E-state index contributed by atoms with van der Waals surface area (Å²) >= 11 is 0. The molecule has 1 aliphatic heterocycles. The van der Waals surface area contributed by atoms with Gasteiger partial charge in [0.15, 0.2) is 0 Å². The van der Waals surface area contributed by atoms with Gasteiger partial charge in [0.2, 0.25) is 5.91 Å². The molecule has 108 valence electrons. The Morgan fingerprint density at radius 1 is 0.947 bits per heavy atom. The Balaban J connectivity index is 1.91. The van der Waals surface area contributed by atoms with E-state index in [4.69, 9.17) is 5.11 Å². The molecule has 4 heteroatoms. The van der Waals surface area contributed by atoms with Crippen LogP contribution in [0, 0.1) is 17.8 Å². The second-order valence-corrected chi connectivity index (χ2v) is 6.41. The van der Waals surface area contributed by atoms with Crippen molar-refractivity contribution in [3.63, 3.8) is 0 Å². The van der Waals surface area contributed by atoms with E-state index in [1.165, 1.54) is 6.42 Å². The molecule has 0 spiro atoms. The number of carbonyl (C=O) groups is 2. The van der Waals surface area contributed by atoms with E-state index in [0.29, 0.717) is 24.8 Å². The van der Waals surface area contributed by atoms with Crippen molar-refractivity contribution < 1.29 is 14.7 Å². The van der Waals surface area contributed by atoms with Crippen LogP contribution in [0.5, 0.6) is 0 Å². The van der Waals surface area contributed by atoms with Gasteiger partial charge in [-0.25, -0.2) is 0 Å². The fourth-order valence-electron chi connectivity index (χ4n) is 3.42. The molecule has 1 heterocycles. The topological polar surface area (TPSA) is 57.6 Å². The molecule has 1 saturated heterocycles. The number of rotatable bonds is 2. The van der Waals surface area contributed by atoms with Crippen molar-refractivity contribution in [2.75, 3.05) is 6.54 Å². The number of hydrogen-bond donors (Lipinski definition) is 1. The van der Waals surface area contributed by atoms with Crippen LogP contribution in [0.2, 0.25) is 0 Å². The van der Waals surface area contributed by atoms with E-state index < -0.39 is 5.97 Å². The predicted molar refractivity (Wildman–Crippen MR) is 72.7 cm³/mol. The van der Waals surface area contributed by atoms with Gasteiger partial charge in [0, 0.05) is 18.5 Å². The minimum Gasteiger partial charge on any atom is -0.481 e. The largest absolute Gasteiger partial charge is 0.481 e. The van der Waals surface area contributed by atoms with Gasteiger partial charge >= 0.3 is 5.97 Å². The normalized spacial score (nSPS) is 36.0. The molecular weight excluding hydrogens is 242 g/mol. The lowest BCUT2D eigenvalue weighted by Gasteiger charge is -2.40. The van der Waals surface area contributed by atoms with Gasteiger partial charge in [0.05, 0.1) is 5.92 Å². The summed E-state index contributed by atoms with van der Waals surface area (Å²) in [6, 6.07) is 0.348. The molecule has 0 bridgehead atoms. The maximum atomic E-state index is 12.6. The Labute approximate surface area is 115 Å². The Bertz CT molecular complexity index is 347. The van der Waals surface area contributed by atoms with E-state index in [9.17, 15) is 9.59 Å². The van der Waals surface area contributed by atoms with Gasteiger partial charge in [-0.15, -0.1) is 0 Å². The number of carboxylic acids is 1. The quantitative estimate of drug-likeness (QED) is 0.836. The van der Waals surface area contributed by atoms with E-state index >= 15 is 0 Å². The summed E-state index contributed by atoms with van der Waals surface area (Å²) in [5.41, 5.74) is 0. The molecule has 4 nitrogen and oxygen atoms in total. The van der Waals surface area contributed by atoms with Crippen LogP contribution < -0.4 is 0 Å². The van der Waals surface area contributed by atoms with Crippen LogP contribution in [-0.2, 0) is 9.59 Å². The molecule has 0 radical (unpaired) electrons. The smallest absolute Gasteiger partial charge is 0.306 e. The first-order valence-electron chi connectivity index (χ1n) is 7.52. The van der Waals surface area contributed by atoms with Gasteiger partial charge in [-0.1, -0.05) is 6.92 Å². The SMILES string of the molecule is CC1CCC(C)N(C(=O)C2CCC(C(=O)O)CC2)C1. The van der Waals surface area contributed by atoms with Crippen molar-refractivity contribution in [2.45, 2.75) is 58.4 Å². The van der Waals surface area contributed by atoms with Crippen LogP contribution in [0.15, 0.2) is 0 Å². The molecular formula is C15H25NO3. The van der Waals surface area contributed by atoms with Gasteiger partial charge in [-0.3, -0.25) is 9.59 Å². The highest BCUT2D eigenvalue weighted by Crippen LogP contribution is 2.32. The number of hydrogen-bond acceptors (Lipinski definition) is 2. The van der Waals surface area contributed by atoms with Crippen LogP contribution >= 0.6 is 0 Å². The number of nitrogens with zero attached hydrogens (tertiary/aromatic N) is 1. The molecule has 1 amide bonds. The minimum atomic E-state index is -0.703. The molecule has 2 aliphatic rings. The first-order chi connectivity index (χ1) is 8.99. The lowest BCUT2D eigenvalue weighted by atomic mass is 9.80. The highest BCUT2D eigenvalue weighted by Gasteiger charge is 2.35. The number of carboxylic acid groups (broad SMARTS) is 1. The lowest BCUT2D eigenvalue weighted by Crippen LogP contribution is -2.48. The Morgan fingerprint density at radius 2 is 1.53 bits per heavy atom. The zero-order valence-corrected chi connectivity index (χ0v) is 12.0. The van der Waals surface area contributed by atoms with Gasteiger partial charge in [0.25, 0.3) is 0 Å². The third kappa shape index (κ3) is 3.28. The maximum Gasteiger partial charge on any atom is 0.306 e. The van der Waals surface area contributed by atoms with E-state index in [1.54, 1.807) is 0 Å². The fraction of sp³-hybridized carbons (Fsp3) is 0.867. The molecule has 2 atom stereocenters. The zero-order valence-electron chi connectivity index (χ0n) is 12.0. The third-order valence-electron chi connectivity index (χ3n) is 4.83. The molecule has 2 rings (SSSR count). The maximum absolute atomic E-state index is 12.6. The zero-order chi connectivity index (χ0) is 14.0. The molecule has 19 heavy (non-hydrogen) atoms. The van der Waals surface area contributed by atoms with Crippen molar-refractivity contribution in [1.29, 1.82) is 0 Å². The predicted octanol–water partition coefficient (Wildman–Crippen LogP) is 2.52. The summed E-state index contributed by atoms with van der Waals surface area (Å²) in [5, 5.41) is 8.99. The van der Waals surface area contributed by atoms with E-state index in [-0.39, 0.29) is 17.7 Å². The Hall–Kier alpha value is -1.06. The molecule has 0 aromatic heterocycles. The van der Waals surface area contributed by atoms with Crippen molar-refractivity contribution >= 4 is 11.9 Å². The number of carbonyl (C=O) groups excluding carboxylic acids is 1. The number of aliphatic carboxylic acids is 1. The number of piperidine rings is 1. The molecule has 1 N–H and O–H groups in total. The van der Waals surface area contributed by atoms with E-state index in [2.05, 4.69) is 13.8 Å². The van der Waals surface area contributed by atoms with Crippen LogP contribution in [0.3, 0.4) is 0 Å². The highest BCUT2D eigenvalue weighted by molar-refractivity contribution is 5.80. The lowest BCUT2D eigenvalue weighted by molar-refractivity contribution is -0.147. The van der Waals surface area contributed by atoms with Crippen molar-refractivity contribution in [2.24, 2.45) is 17.8 Å². The van der Waals surface area contributed by atoms with Crippen molar-refractivity contribution in [1.82, 2.24) is 4.90 Å². The number of amides is 1. The average molecular weight is 267 g/mol. The van der Waals surface area contributed by atoms with E-state index in [1.807, 2.05) is 4.90 Å². The van der Waals surface area contributed by atoms with Gasteiger partial charge in [-0.05, 0) is 51.4 Å². The molecule has 1 saturated carbocycles. The molecule has 2 fully saturated rings. The van der Waals surface area contributed by atoms with Gasteiger partial charge in [0.1, 0.15) is 0 Å². The average Bonchev–Trinajstić information content (AvgIpc) is 2.41. The standard InChI is InChI=1S/C15H25NO3/c1-10-3-4-11(2)16(9-10)14(17)12-5-7-13(8-6-12)15(18)19/h10-13H,3-9H2,1-2H3,(H,18,19). The summed E-state index contributed by atoms with van der Waals surface area (Å²) in [6.07, 6.45) is 5.10. The van der Waals surface area contributed by atoms with Crippen molar-refractivity contribution in [3.05, 3.63) is 0 Å². The summed E-state index contributed by atoms with van der Waals surface area (Å²) in [7, 11) is 0. The Kier molecular flexibility index (Phi) is 4.48. The second kappa shape index (κ2) is 5.93. The third-order valence-corrected chi connectivity index (χ3v) is 4.83. The fourth-order valence-corrected chi connectivity index (χ4v) is 3.42. The molecule has 1 aliphatic carbocycles. The summed E-state index contributed by atoms with van der Waals surface area (Å²) in [6.45, 7) is 5.21. The van der Waals surface area contributed by atoms with Crippen LogP contribution in [-0.4, -0.2) is 34.5 Å². The van der Waals surface area contributed by atoms with Gasteiger partial charge in [-0.2, -0.15) is 0 Å². The van der Waals surface area contributed by atoms with Crippen LogP contribution in [0.1, 0.15) is 52.4 Å². The summed E-state index contributed by atoms with van der Waals surface area (Å²) < 4.78 is 0. The molecule has 0 aromatic rings. The van der Waals surface area contributed by atoms with Crippen molar-refractivity contribution in [3.8, 4) is 0 Å². The molecule has 2 unspecified atom stereocenters. The monoisotopic (exact) mass is 267 g/mol. The minimum absolute atomic E-state index is 0.0587. The highest BCUT2D eigenvalue weighted by atomic mass is 16.4. The summed E-state index contributed by atoms with van der Waals surface area (Å²) in [4.78, 5) is 25.5. The first-order valence-corrected chi connectivity index (χ1v) is 7.52.